The highest BCUT2D eigenvalue weighted by Crippen LogP contribution is 2.30. The van der Waals surface area contributed by atoms with Gasteiger partial charge in [-0.2, -0.15) is 0 Å². The molecular weight excluding hydrogens is 441 g/mol. The van der Waals surface area contributed by atoms with Crippen molar-refractivity contribution in [1.29, 1.82) is 0 Å². The van der Waals surface area contributed by atoms with E-state index >= 15 is 0 Å². The van der Waals surface area contributed by atoms with Gasteiger partial charge in [-0.15, -0.1) is 0 Å². The van der Waals surface area contributed by atoms with Crippen LogP contribution in [0.4, 0.5) is 18.9 Å². The van der Waals surface area contributed by atoms with Crippen LogP contribution in [0.5, 0.6) is 0 Å². The number of hydrogen-bond donors (Lipinski definition) is 1. The number of fused-ring (bicyclic) bond motifs is 1. The first kappa shape index (κ1) is 21.4. The smallest absolute Gasteiger partial charge is 0.256 e. The van der Waals surface area contributed by atoms with Gasteiger partial charge in [0, 0.05) is 29.2 Å². The number of hydrogen-bond acceptors (Lipinski definition) is 3. The van der Waals surface area contributed by atoms with E-state index in [-0.39, 0.29) is 17.3 Å². The fourth-order valence-corrected chi connectivity index (χ4v) is 3.76. The maximum Gasteiger partial charge on any atom is 0.256 e. The average molecular weight is 458 g/mol. The van der Waals surface area contributed by atoms with Crippen LogP contribution in [0.1, 0.15) is 15.9 Å². The molecule has 1 amide bonds. The molecule has 0 saturated carbocycles. The number of benzene rings is 2. The Morgan fingerprint density at radius 1 is 0.912 bits per heavy atom. The normalized spacial score (nSPS) is 11.1. The van der Waals surface area contributed by atoms with Gasteiger partial charge in [-0.05, 0) is 67.1 Å². The quantitative estimate of drug-likeness (QED) is 0.357. The Morgan fingerprint density at radius 2 is 1.68 bits per heavy atom. The summed E-state index contributed by atoms with van der Waals surface area (Å²) >= 11 is 0. The van der Waals surface area contributed by atoms with Crippen molar-refractivity contribution < 1.29 is 18.0 Å². The largest absolute Gasteiger partial charge is 0.322 e. The van der Waals surface area contributed by atoms with Gasteiger partial charge in [0.1, 0.15) is 11.6 Å². The third-order valence-electron chi connectivity index (χ3n) is 5.49. The van der Waals surface area contributed by atoms with Crippen LogP contribution in [0.2, 0.25) is 0 Å². The SMILES string of the molecule is Cc1cnc(-c2cccn3c(-c4cccc(F)c4F)ncc23)cc1C(=O)Nc1ccc(F)cc1. The number of nitrogens with zero attached hydrogens (tertiary/aromatic N) is 3. The minimum absolute atomic E-state index is 0.0355. The first-order chi connectivity index (χ1) is 16.4. The molecule has 3 aromatic heterocycles. The Labute approximate surface area is 192 Å². The molecule has 5 rings (SSSR count). The van der Waals surface area contributed by atoms with Crippen molar-refractivity contribution in [2.75, 3.05) is 5.32 Å². The molecule has 2 aromatic carbocycles. The molecule has 0 fully saturated rings. The van der Waals surface area contributed by atoms with Gasteiger partial charge < -0.3 is 5.32 Å². The highest BCUT2D eigenvalue weighted by Gasteiger charge is 2.18. The first-order valence-electron chi connectivity index (χ1n) is 10.4. The van der Waals surface area contributed by atoms with Gasteiger partial charge in [-0.1, -0.05) is 6.07 Å². The molecule has 0 aliphatic heterocycles. The Balaban J connectivity index is 1.55. The number of imidazole rings is 1. The maximum atomic E-state index is 14.4. The number of pyridine rings is 2. The Kier molecular flexibility index (Phi) is 5.33. The van der Waals surface area contributed by atoms with E-state index in [0.717, 1.165) is 6.07 Å². The summed E-state index contributed by atoms with van der Waals surface area (Å²) in [6, 6.07) is 14.6. The van der Waals surface area contributed by atoms with Crippen molar-refractivity contribution in [1.82, 2.24) is 14.4 Å². The Hall–Kier alpha value is -4.46. The molecule has 0 aliphatic rings. The van der Waals surface area contributed by atoms with Crippen LogP contribution in [0, 0.1) is 24.4 Å². The van der Waals surface area contributed by atoms with Crippen molar-refractivity contribution in [2.45, 2.75) is 6.92 Å². The minimum Gasteiger partial charge on any atom is -0.322 e. The van der Waals surface area contributed by atoms with Crippen molar-refractivity contribution in [3.63, 3.8) is 0 Å². The number of carbonyl (C=O) groups is 1. The topological polar surface area (TPSA) is 59.3 Å². The van der Waals surface area contributed by atoms with Gasteiger partial charge in [0.25, 0.3) is 5.91 Å². The lowest BCUT2D eigenvalue weighted by Gasteiger charge is -2.11. The molecule has 1 N–H and O–H groups in total. The fraction of sp³-hybridized carbons (Fsp3) is 0.0385. The summed E-state index contributed by atoms with van der Waals surface area (Å²) in [6.45, 7) is 1.76. The van der Waals surface area contributed by atoms with Crippen LogP contribution in [0.15, 0.2) is 79.3 Å². The molecule has 0 radical (unpaired) electrons. The zero-order valence-corrected chi connectivity index (χ0v) is 17.9. The molecular formula is C26H17F3N4O. The van der Waals surface area contributed by atoms with Crippen LogP contribution in [0.25, 0.3) is 28.2 Å². The Bertz CT molecular complexity index is 1540. The van der Waals surface area contributed by atoms with E-state index in [0.29, 0.717) is 33.6 Å². The predicted molar refractivity (Wildman–Crippen MR) is 123 cm³/mol. The molecule has 0 unspecified atom stereocenters. The second-order valence-electron chi connectivity index (χ2n) is 7.71. The predicted octanol–water partition coefficient (Wildman–Crippen LogP) is 6.04. The highest BCUT2D eigenvalue weighted by atomic mass is 19.2. The molecule has 8 heteroatoms. The number of amides is 1. The number of halogens is 3. The summed E-state index contributed by atoms with van der Waals surface area (Å²) in [6.07, 6.45) is 4.83. The number of nitrogens with one attached hydrogen (secondary N) is 1. The first-order valence-corrected chi connectivity index (χ1v) is 10.4. The second kappa shape index (κ2) is 8.47. The third kappa shape index (κ3) is 3.79. The van der Waals surface area contributed by atoms with E-state index in [1.807, 2.05) is 6.07 Å². The second-order valence-corrected chi connectivity index (χ2v) is 7.71. The van der Waals surface area contributed by atoms with Crippen molar-refractivity contribution >= 4 is 17.1 Å². The molecule has 0 saturated heterocycles. The molecule has 3 heterocycles. The van der Waals surface area contributed by atoms with Gasteiger partial charge in [-0.25, -0.2) is 18.2 Å². The summed E-state index contributed by atoms with van der Waals surface area (Å²) in [7, 11) is 0. The van der Waals surface area contributed by atoms with Crippen molar-refractivity contribution in [2.24, 2.45) is 0 Å². The molecule has 0 atom stereocenters. The lowest BCUT2D eigenvalue weighted by atomic mass is 10.1. The summed E-state index contributed by atoms with van der Waals surface area (Å²) in [5.74, 6) is -2.45. The molecule has 0 aliphatic carbocycles. The maximum absolute atomic E-state index is 14.4. The average Bonchev–Trinajstić information content (AvgIpc) is 3.27. The standard InChI is InChI=1S/C26H17F3N4O/c1-15-13-30-22(12-20(15)26(34)32-17-9-7-16(27)8-10-17)18-5-3-11-33-23(18)14-31-25(33)19-4-2-6-21(28)24(19)29/h2-14H,1H3,(H,32,34). The zero-order chi connectivity index (χ0) is 23.8. The van der Waals surface area contributed by atoms with Crippen LogP contribution < -0.4 is 5.32 Å². The van der Waals surface area contributed by atoms with Gasteiger partial charge >= 0.3 is 0 Å². The molecule has 5 nitrogen and oxygen atoms in total. The van der Waals surface area contributed by atoms with Crippen molar-refractivity contribution in [3.8, 4) is 22.6 Å². The van der Waals surface area contributed by atoms with Crippen LogP contribution in [-0.4, -0.2) is 20.3 Å². The molecule has 0 bridgehead atoms. The van der Waals surface area contributed by atoms with E-state index in [1.54, 1.807) is 42.0 Å². The number of aryl methyl sites for hydroxylation is 1. The minimum atomic E-state index is -0.978. The summed E-state index contributed by atoms with van der Waals surface area (Å²) in [4.78, 5) is 21.7. The van der Waals surface area contributed by atoms with E-state index in [1.165, 1.54) is 36.4 Å². The number of aromatic nitrogens is 3. The lowest BCUT2D eigenvalue weighted by molar-refractivity contribution is 0.102. The Morgan fingerprint density at radius 3 is 2.47 bits per heavy atom. The van der Waals surface area contributed by atoms with Crippen molar-refractivity contribution in [3.05, 3.63) is 108 Å². The third-order valence-corrected chi connectivity index (χ3v) is 5.49. The highest BCUT2D eigenvalue weighted by molar-refractivity contribution is 6.06. The van der Waals surface area contributed by atoms with Gasteiger partial charge in [0.05, 0.1) is 23.0 Å². The van der Waals surface area contributed by atoms with E-state index in [2.05, 4.69) is 15.3 Å². The zero-order valence-electron chi connectivity index (χ0n) is 17.9. The summed E-state index contributed by atoms with van der Waals surface area (Å²) in [5.41, 5.74) is 3.33. The van der Waals surface area contributed by atoms with Crippen LogP contribution in [0.3, 0.4) is 0 Å². The molecule has 168 valence electrons. The molecule has 34 heavy (non-hydrogen) atoms. The number of anilines is 1. The molecule has 0 spiro atoms. The van der Waals surface area contributed by atoms with Gasteiger partial charge in [-0.3, -0.25) is 14.2 Å². The summed E-state index contributed by atoms with van der Waals surface area (Å²) in [5, 5.41) is 2.75. The van der Waals surface area contributed by atoms with E-state index in [9.17, 15) is 18.0 Å². The summed E-state index contributed by atoms with van der Waals surface area (Å²) < 4.78 is 43.0. The van der Waals surface area contributed by atoms with E-state index in [4.69, 9.17) is 0 Å². The molecule has 5 aromatic rings. The monoisotopic (exact) mass is 458 g/mol. The van der Waals surface area contributed by atoms with E-state index < -0.39 is 17.5 Å². The van der Waals surface area contributed by atoms with Gasteiger partial charge in [0.2, 0.25) is 0 Å². The van der Waals surface area contributed by atoms with Crippen LogP contribution in [-0.2, 0) is 0 Å². The lowest BCUT2D eigenvalue weighted by Crippen LogP contribution is -2.14. The van der Waals surface area contributed by atoms with Gasteiger partial charge in [0.15, 0.2) is 11.6 Å². The number of carbonyl (C=O) groups excluding carboxylic acids is 1. The number of rotatable bonds is 4. The van der Waals surface area contributed by atoms with Crippen LogP contribution >= 0.6 is 0 Å². The fourth-order valence-electron chi connectivity index (χ4n) is 3.76.